The van der Waals surface area contributed by atoms with Gasteiger partial charge in [0.1, 0.15) is 12.7 Å². The largest absolute Gasteiger partial charge is 0.486 e. The molecule has 1 amide bonds. The molecule has 3 aromatic rings. The maximum atomic E-state index is 13.0. The van der Waals surface area contributed by atoms with Crippen LogP contribution in [0.2, 0.25) is 0 Å². The summed E-state index contributed by atoms with van der Waals surface area (Å²) in [7, 11) is -2.37. The van der Waals surface area contributed by atoms with Gasteiger partial charge in [-0.25, -0.2) is 8.42 Å². The monoisotopic (exact) mass is 438 g/mol. The minimum Gasteiger partial charge on any atom is -0.486 e. The van der Waals surface area contributed by atoms with Gasteiger partial charge < -0.3 is 14.8 Å². The molecular weight excluding hydrogens is 416 g/mol. The predicted octanol–water partition coefficient (Wildman–Crippen LogP) is 3.08. The van der Waals surface area contributed by atoms with E-state index in [4.69, 9.17) is 9.47 Å². The molecule has 1 N–H and O–H groups in total. The van der Waals surface area contributed by atoms with Crippen LogP contribution >= 0.6 is 0 Å². The summed E-state index contributed by atoms with van der Waals surface area (Å²) >= 11 is 0. The molecule has 0 aliphatic carbocycles. The van der Waals surface area contributed by atoms with Gasteiger partial charge in [-0.1, -0.05) is 42.5 Å². The lowest BCUT2D eigenvalue weighted by Crippen LogP contribution is -2.41. The van der Waals surface area contributed by atoms with Crippen LogP contribution in [0, 0.1) is 0 Å². The van der Waals surface area contributed by atoms with Crippen molar-refractivity contribution in [1.29, 1.82) is 0 Å². The first-order valence-corrected chi connectivity index (χ1v) is 11.2. The summed E-state index contributed by atoms with van der Waals surface area (Å²) in [6.07, 6.45) is -0.350. The SMILES string of the molecule is CN(c1ccccc1C(=O)NC[C@@H]1COc2ccccc2O1)S(=O)(=O)c1ccccc1. The van der Waals surface area contributed by atoms with Crippen LogP contribution in [0.5, 0.6) is 11.5 Å². The molecule has 1 aliphatic rings. The molecule has 7 nitrogen and oxygen atoms in total. The highest BCUT2D eigenvalue weighted by atomic mass is 32.2. The smallest absolute Gasteiger partial charge is 0.264 e. The normalized spacial score (nSPS) is 15.2. The summed E-state index contributed by atoms with van der Waals surface area (Å²) in [5.41, 5.74) is 0.539. The minimum atomic E-state index is -3.81. The van der Waals surface area contributed by atoms with Crippen molar-refractivity contribution in [3.8, 4) is 11.5 Å². The average Bonchev–Trinajstić information content (AvgIpc) is 2.82. The van der Waals surface area contributed by atoms with Crippen LogP contribution in [0.4, 0.5) is 5.69 Å². The van der Waals surface area contributed by atoms with Crippen LogP contribution in [0.1, 0.15) is 10.4 Å². The second kappa shape index (κ2) is 8.69. The highest BCUT2D eigenvalue weighted by molar-refractivity contribution is 7.92. The Labute approximate surface area is 181 Å². The van der Waals surface area contributed by atoms with Crippen molar-refractivity contribution in [3.05, 3.63) is 84.4 Å². The molecule has 31 heavy (non-hydrogen) atoms. The van der Waals surface area contributed by atoms with E-state index in [1.165, 1.54) is 19.2 Å². The molecule has 8 heteroatoms. The van der Waals surface area contributed by atoms with E-state index in [9.17, 15) is 13.2 Å². The number of carbonyl (C=O) groups is 1. The van der Waals surface area contributed by atoms with Crippen molar-refractivity contribution >= 4 is 21.6 Å². The van der Waals surface area contributed by atoms with Gasteiger partial charge >= 0.3 is 0 Å². The van der Waals surface area contributed by atoms with Gasteiger partial charge in [-0.3, -0.25) is 9.10 Å². The molecule has 0 saturated heterocycles. The lowest BCUT2D eigenvalue weighted by Gasteiger charge is -2.27. The number of para-hydroxylation sites is 3. The first-order valence-electron chi connectivity index (χ1n) is 9.76. The quantitative estimate of drug-likeness (QED) is 0.639. The summed E-state index contributed by atoms with van der Waals surface area (Å²) in [6, 6.07) is 22.0. The lowest BCUT2D eigenvalue weighted by atomic mass is 10.1. The molecule has 1 heterocycles. The fourth-order valence-corrected chi connectivity index (χ4v) is 4.52. The zero-order valence-electron chi connectivity index (χ0n) is 16.9. The van der Waals surface area contributed by atoms with Crippen LogP contribution in [0.25, 0.3) is 0 Å². The fraction of sp³-hybridized carbons (Fsp3) is 0.174. The molecule has 0 unspecified atom stereocenters. The van der Waals surface area contributed by atoms with Gasteiger partial charge in [0, 0.05) is 7.05 Å². The van der Waals surface area contributed by atoms with E-state index in [2.05, 4.69) is 5.32 Å². The highest BCUT2D eigenvalue weighted by Crippen LogP contribution is 2.31. The molecule has 0 radical (unpaired) electrons. The Hall–Kier alpha value is -3.52. The van der Waals surface area contributed by atoms with Gasteiger partial charge in [-0.05, 0) is 36.4 Å². The summed E-state index contributed by atoms with van der Waals surface area (Å²) in [6.45, 7) is 0.526. The summed E-state index contributed by atoms with van der Waals surface area (Å²) in [4.78, 5) is 13.0. The number of hydrogen-bond donors (Lipinski definition) is 1. The number of benzene rings is 3. The zero-order chi connectivity index (χ0) is 21.8. The number of rotatable bonds is 6. The standard InChI is InChI=1S/C23H22N2O5S/c1-25(31(27,28)18-9-3-2-4-10-18)20-12-6-5-11-19(20)23(26)24-15-17-16-29-21-13-7-8-14-22(21)30-17/h2-14,17H,15-16H2,1H3,(H,24,26)/t17-/m1/s1. The van der Waals surface area contributed by atoms with E-state index < -0.39 is 15.9 Å². The first kappa shape index (κ1) is 20.7. The second-order valence-electron chi connectivity index (χ2n) is 7.01. The number of sulfonamides is 1. The lowest BCUT2D eigenvalue weighted by molar-refractivity contribution is 0.0789. The summed E-state index contributed by atoms with van der Waals surface area (Å²) in [5, 5.41) is 2.82. The van der Waals surface area contributed by atoms with Crippen LogP contribution < -0.4 is 19.1 Å². The van der Waals surface area contributed by atoms with Gasteiger partial charge in [0.15, 0.2) is 11.5 Å². The molecule has 1 aliphatic heterocycles. The van der Waals surface area contributed by atoms with Gasteiger partial charge in [-0.2, -0.15) is 0 Å². The highest BCUT2D eigenvalue weighted by Gasteiger charge is 2.26. The maximum Gasteiger partial charge on any atom is 0.264 e. The van der Waals surface area contributed by atoms with E-state index in [1.54, 1.807) is 42.5 Å². The van der Waals surface area contributed by atoms with Crippen LogP contribution in [0.15, 0.2) is 83.8 Å². The van der Waals surface area contributed by atoms with Crippen molar-refractivity contribution in [3.63, 3.8) is 0 Å². The number of ether oxygens (including phenoxy) is 2. The van der Waals surface area contributed by atoms with Gasteiger partial charge in [0.05, 0.1) is 22.7 Å². The Kier molecular flexibility index (Phi) is 5.81. The van der Waals surface area contributed by atoms with Crippen molar-refractivity contribution in [2.24, 2.45) is 0 Å². The molecule has 4 rings (SSSR count). The molecule has 0 saturated carbocycles. The molecular formula is C23H22N2O5S. The third-order valence-corrected chi connectivity index (χ3v) is 6.73. The molecule has 0 spiro atoms. The third-order valence-electron chi connectivity index (χ3n) is 4.95. The second-order valence-corrected chi connectivity index (χ2v) is 8.98. The number of anilines is 1. The van der Waals surface area contributed by atoms with Gasteiger partial charge in [0.2, 0.25) is 0 Å². The molecule has 0 aromatic heterocycles. The predicted molar refractivity (Wildman–Crippen MR) is 117 cm³/mol. The Morgan fingerprint density at radius 2 is 1.61 bits per heavy atom. The zero-order valence-corrected chi connectivity index (χ0v) is 17.7. The van der Waals surface area contributed by atoms with E-state index in [0.29, 0.717) is 18.1 Å². The van der Waals surface area contributed by atoms with Gasteiger partial charge in [-0.15, -0.1) is 0 Å². The minimum absolute atomic E-state index is 0.152. The Balaban J connectivity index is 1.49. The molecule has 160 valence electrons. The Morgan fingerprint density at radius 1 is 0.968 bits per heavy atom. The summed E-state index contributed by atoms with van der Waals surface area (Å²) < 4.78 is 38.6. The fourth-order valence-electron chi connectivity index (χ4n) is 3.29. The topological polar surface area (TPSA) is 84.9 Å². The van der Waals surface area contributed by atoms with E-state index in [1.807, 2.05) is 24.3 Å². The molecule has 0 fully saturated rings. The van der Waals surface area contributed by atoms with Crippen molar-refractivity contribution in [2.45, 2.75) is 11.0 Å². The van der Waals surface area contributed by atoms with E-state index in [-0.39, 0.29) is 28.8 Å². The molecule has 0 bridgehead atoms. The third kappa shape index (κ3) is 4.34. The Morgan fingerprint density at radius 3 is 2.39 bits per heavy atom. The average molecular weight is 439 g/mol. The number of hydrogen-bond acceptors (Lipinski definition) is 5. The Bertz CT molecular complexity index is 1180. The van der Waals surface area contributed by atoms with E-state index in [0.717, 1.165) is 4.31 Å². The number of fused-ring (bicyclic) bond motifs is 1. The number of amides is 1. The maximum absolute atomic E-state index is 13.0. The first-order chi connectivity index (χ1) is 15.0. The number of nitrogens with zero attached hydrogens (tertiary/aromatic N) is 1. The number of carbonyl (C=O) groups excluding carboxylic acids is 1. The molecule has 3 aromatic carbocycles. The van der Waals surface area contributed by atoms with Gasteiger partial charge in [0.25, 0.3) is 15.9 Å². The number of nitrogens with one attached hydrogen (secondary N) is 1. The van der Waals surface area contributed by atoms with Crippen LogP contribution in [-0.4, -0.2) is 40.6 Å². The molecule has 1 atom stereocenters. The van der Waals surface area contributed by atoms with Crippen LogP contribution in [-0.2, 0) is 10.0 Å². The van der Waals surface area contributed by atoms with Crippen molar-refractivity contribution in [2.75, 3.05) is 24.5 Å². The van der Waals surface area contributed by atoms with Crippen molar-refractivity contribution in [1.82, 2.24) is 5.32 Å². The summed E-state index contributed by atoms with van der Waals surface area (Å²) in [5.74, 6) is 0.901. The van der Waals surface area contributed by atoms with Crippen molar-refractivity contribution < 1.29 is 22.7 Å². The van der Waals surface area contributed by atoms with E-state index >= 15 is 0 Å². The van der Waals surface area contributed by atoms with Crippen LogP contribution in [0.3, 0.4) is 0 Å².